The summed E-state index contributed by atoms with van der Waals surface area (Å²) < 4.78 is 46.8. The monoisotopic (exact) mass is 580 g/mol. The van der Waals surface area contributed by atoms with Gasteiger partial charge in [0.25, 0.3) is 5.91 Å². The molecule has 1 N–H and O–H groups in total. The van der Waals surface area contributed by atoms with Gasteiger partial charge in [0.1, 0.15) is 17.7 Å². The lowest BCUT2D eigenvalue weighted by Gasteiger charge is -2.52. The molecule has 1 amide bonds. The molecule has 1 aliphatic heterocycles. The van der Waals surface area contributed by atoms with Crippen molar-refractivity contribution >= 4 is 16.9 Å². The van der Waals surface area contributed by atoms with Crippen LogP contribution in [0.1, 0.15) is 41.3 Å². The van der Waals surface area contributed by atoms with Crippen molar-refractivity contribution in [2.45, 2.75) is 43.6 Å². The molecule has 4 aromatic rings. The molecule has 218 valence electrons. The molecule has 12 nitrogen and oxygen atoms in total. The Bertz CT molecular complexity index is 1650. The quantitative estimate of drug-likeness (QED) is 0.349. The molecule has 2 fully saturated rings. The molecule has 0 bridgehead atoms. The lowest BCUT2D eigenvalue weighted by Crippen LogP contribution is -2.60. The van der Waals surface area contributed by atoms with Gasteiger partial charge < -0.3 is 14.6 Å². The normalized spacial score (nSPS) is 21.3. The molecular formula is C27H27F3N10O2. The van der Waals surface area contributed by atoms with Gasteiger partial charge in [-0.25, -0.2) is 19.9 Å². The highest BCUT2D eigenvalue weighted by Crippen LogP contribution is 2.45. The van der Waals surface area contributed by atoms with Crippen LogP contribution < -0.4 is 0 Å². The number of fused-ring (bicyclic) bond motifs is 1. The predicted molar refractivity (Wildman–Crippen MR) is 142 cm³/mol. The van der Waals surface area contributed by atoms with Crippen molar-refractivity contribution in [1.29, 1.82) is 5.26 Å². The number of hydrogen-bond acceptors (Lipinski definition) is 9. The molecule has 15 heteroatoms. The highest BCUT2D eigenvalue weighted by atomic mass is 19.4. The Hall–Kier alpha value is -4.42. The summed E-state index contributed by atoms with van der Waals surface area (Å²) in [6, 6.07) is 5.65. The first kappa shape index (κ1) is 27.7. The fraction of sp³-hybridized carbons (Fsp3) is 0.444. The molecule has 4 aromatic heterocycles. The van der Waals surface area contributed by atoms with E-state index in [4.69, 9.17) is 4.74 Å². The van der Waals surface area contributed by atoms with Crippen LogP contribution in [-0.4, -0.2) is 89.7 Å². The predicted octanol–water partition coefficient (Wildman–Crippen LogP) is 3.01. The van der Waals surface area contributed by atoms with Crippen molar-refractivity contribution in [3.05, 3.63) is 54.3 Å². The summed E-state index contributed by atoms with van der Waals surface area (Å²) in [7, 11) is 1.34. The smallest absolute Gasteiger partial charge is 0.378 e. The number of H-pyrrole nitrogens is 1. The van der Waals surface area contributed by atoms with Crippen LogP contribution in [0, 0.1) is 11.3 Å². The number of carbonyl (C=O) groups excluding carboxylic acids is 1. The van der Waals surface area contributed by atoms with Crippen molar-refractivity contribution in [3.63, 3.8) is 0 Å². The Morgan fingerprint density at radius 2 is 2.00 bits per heavy atom. The van der Waals surface area contributed by atoms with Gasteiger partial charge in [-0.3, -0.25) is 14.4 Å². The minimum atomic E-state index is -4.78. The third-order valence-corrected chi connectivity index (χ3v) is 8.00. The second kappa shape index (κ2) is 10.8. The number of carbonyl (C=O) groups is 1. The van der Waals surface area contributed by atoms with Crippen LogP contribution in [-0.2, 0) is 23.1 Å². The number of aromatic amines is 1. The van der Waals surface area contributed by atoms with Crippen molar-refractivity contribution in [1.82, 2.24) is 44.5 Å². The van der Waals surface area contributed by atoms with Crippen LogP contribution in [0.5, 0.6) is 0 Å². The standard InChI is InChI=1S/C27H27F3N10O2/c1-42-15-18-10-21(37-25(36-18)27(28,29)30)24(41)39-8-6-38(7-9-39)19-11-26(12-19,3-4-31)40-14-17(13-35-40)22-20-2-5-32-23(20)34-16-33-22/h2,5,10,13-14,16,19H,3,6-9,11-12,15H2,1H3,(H,32,33,34)/t19-,26-. The summed E-state index contributed by atoms with van der Waals surface area (Å²) in [4.78, 5) is 35.6. The summed E-state index contributed by atoms with van der Waals surface area (Å²) in [5, 5.41) is 15.1. The molecule has 42 heavy (non-hydrogen) atoms. The van der Waals surface area contributed by atoms with Gasteiger partial charge in [0, 0.05) is 62.7 Å². The Kier molecular flexibility index (Phi) is 7.11. The first-order valence-electron chi connectivity index (χ1n) is 13.4. The van der Waals surface area contributed by atoms with E-state index in [0.29, 0.717) is 45.4 Å². The summed E-state index contributed by atoms with van der Waals surface area (Å²) in [6.07, 6.45) is 3.91. The van der Waals surface area contributed by atoms with Crippen LogP contribution in [0.2, 0.25) is 0 Å². The molecule has 5 heterocycles. The number of nitriles is 1. The number of methoxy groups -OCH3 is 1. The molecule has 0 atom stereocenters. The van der Waals surface area contributed by atoms with Crippen molar-refractivity contribution in [3.8, 4) is 17.3 Å². The average Bonchev–Trinajstić information content (AvgIpc) is 3.64. The van der Waals surface area contributed by atoms with E-state index in [-0.39, 0.29) is 24.0 Å². The Morgan fingerprint density at radius 3 is 2.71 bits per heavy atom. The summed E-state index contributed by atoms with van der Waals surface area (Å²) in [6.45, 7) is 1.63. The third-order valence-electron chi connectivity index (χ3n) is 8.00. The summed E-state index contributed by atoms with van der Waals surface area (Å²) in [5.74, 6) is -1.93. The van der Waals surface area contributed by atoms with Crippen molar-refractivity contribution < 1.29 is 22.7 Å². The van der Waals surface area contributed by atoms with Gasteiger partial charge in [0.2, 0.25) is 5.82 Å². The van der Waals surface area contributed by atoms with E-state index in [0.717, 1.165) is 22.3 Å². The fourth-order valence-electron chi connectivity index (χ4n) is 5.85. The number of rotatable bonds is 7. The lowest BCUT2D eigenvalue weighted by atomic mass is 9.70. The third kappa shape index (κ3) is 5.07. The Balaban J connectivity index is 1.11. The number of hydrogen-bond donors (Lipinski definition) is 1. The van der Waals surface area contributed by atoms with E-state index in [9.17, 15) is 23.2 Å². The molecule has 0 spiro atoms. The minimum Gasteiger partial charge on any atom is -0.378 e. The van der Waals surface area contributed by atoms with Crippen molar-refractivity contribution in [2.24, 2.45) is 0 Å². The molecule has 1 aliphatic carbocycles. The zero-order valence-electron chi connectivity index (χ0n) is 22.7. The van der Waals surface area contributed by atoms with E-state index in [1.165, 1.54) is 24.4 Å². The molecule has 0 unspecified atom stereocenters. The van der Waals surface area contributed by atoms with E-state index < -0.39 is 23.4 Å². The second-order valence-corrected chi connectivity index (χ2v) is 10.6. The number of ether oxygens (including phenoxy) is 1. The first-order chi connectivity index (χ1) is 20.2. The number of halogens is 3. The van der Waals surface area contributed by atoms with Gasteiger partial charge in [-0.2, -0.15) is 23.5 Å². The topological polar surface area (TPSA) is 142 Å². The summed E-state index contributed by atoms with van der Waals surface area (Å²) in [5.41, 5.74) is 1.56. The largest absolute Gasteiger partial charge is 0.451 e. The fourth-order valence-corrected chi connectivity index (χ4v) is 5.85. The molecule has 0 aromatic carbocycles. The van der Waals surface area contributed by atoms with Gasteiger partial charge in [-0.15, -0.1) is 0 Å². The van der Waals surface area contributed by atoms with E-state index >= 15 is 0 Å². The molecule has 1 saturated carbocycles. The second-order valence-electron chi connectivity index (χ2n) is 10.6. The van der Waals surface area contributed by atoms with Crippen molar-refractivity contribution in [2.75, 3.05) is 33.3 Å². The zero-order valence-corrected chi connectivity index (χ0v) is 22.7. The number of amides is 1. The zero-order chi connectivity index (χ0) is 29.5. The van der Waals surface area contributed by atoms with Crippen LogP contribution in [0.25, 0.3) is 22.3 Å². The maximum absolute atomic E-state index is 13.3. The maximum atomic E-state index is 13.3. The molecule has 0 radical (unpaired) electrons. The van der Waals surface area contributed by atoms with Gasteiger partial charge in [-0.05, 0) is 25.0 Å². The van der Waals surface area contributed by atoms with Crippen LogP contribution in [0.4, 0.5) is 13.2 Å². The van der Waals surface area contributed by atoms with Gasteiger partial charge in [0.15, 0.2) is 0 Å². The van der Waals surface area contributed by atoms with Gasteiger partial charge in [0.05, 0.1) is 42.2 Å². The van der Waals surface area contributed by atoms with E-state index in [1.54, 1.807) is 12.4 Å². The summed E-state index contributed by atoms with van der Waals surface area (Å²) >= 11 is 0. The number of nitrogens with zero attached hydrogens (tertiary/aromatic N) is 9. The van der Waals surface area contributed by atoms with E-state index in [2.05, 4.69) is 41.0 Å². The number of alkyl halides is 3. The maximum Gasteiger partial charge on any atom is 0.451 e. The Labute approximate surface area is 238 Å². The van der Waals surface area contributed by atoms with Crippen LogP contribution in [0.15, 0.2) is 37.1 Å². The molecule has 2 aliphatic rings. The highest BCUT2D eigenvalue weighted by molar-refractivity contribution is 5.92. The highest BCUT2D eigenvalue weighted by Gasteiger charge is 2.49. The SMILES string of the molecule is COCc1cc(C(=O)N2CCN([C@H]3C[C@](CC#N)(n4cc(-c5ncnc6[nH]ccc56)cn4)C3)CC2)nc(C(F)(F)F)n1. The van der Waals surface area contributed by atoms with Gasteiger partial charge >= 0.3 is 6.18 Å². The lowest BCUT2D eigenvalue weighted by molar-refractivity contribution is -0.145. The number of piperazine rings is 1. The number of nitrogens with one attached hydrogen (secondary N) is 1. The van der Waals surface area contributed by atoms with Crippen LogP contribution in [0.3, 0.4) is 0 Å². The van der Waals surface area contributed by atoms with Gasteiger partial charge in [-0.1, -0.05) is 0 Å². The van der Waals surface area contributed by atoms with E-state index in [1.807, 2.05) is 16.9 Å². The molecular weight excluding hydrogens is 553 g/mol. The number of aromatic nitrogens is 7. The molecule has 6 rings (SSSR count). The first-order valence-corrected chi connectivity index (χ1v) is 13.4. The molecule has 1 saturated heterocycles. The average molecular weight is 581 g/mol. The van der Waals surface area contributed by atoms with Crippen LogP contribution >= 0.6 is 0 Å². The minimum absolute atomic E-state index is 0.0101. The Morgan fingerprint density at radius 1 is 1.21 bits per heavy atom.